The van der Waals surface area contributed by atoms with E-state index in [-0.39, 0.29) is 23.0 Å². The lowest BCUT2D eigenvalue weighted by Gasteiger charge is -2.50. The smallest absolute Gasteiger partial charge is 0.323 e. The van der Waals surface area contributed by atoms with Gasteiger partial charge < -0.3 is 10.6 Å². The predicted octanol–water partition coefficient (Wildman–Crippen LogP) is 1.52. The molecule has 2 aliphatic heterocycles. The van der Waals surface area contributed by atoms with Gasteiger partial charge in [-0.2, -0.15) is 0 Å². The van der Waals surface area contributed by atoms with Crippen molar-refractivity contribution in [2.75, 3.05) is 20.3 Å². The summed E-state index contributed by atoms with van der Waals surface area (Å²) in [4.78, 5) is 28.7. The fourth-order valence-corrected chi connectivity index (χ4v) is 4.31. The highest BCUT2D eigenvalue weighted by molar-refractivity contribution is 6.07. The fraction of sp³-hybridized carbons (Fsp3) is 0.875. The summed E-state index contributed by atoms with van der Waals surface area (Å²) in [5.74, 6) is -0.0805. The lowest BCUT2D eigenvalue weighted by atomic mass is 9.71. The molecule has 0 radical (unpaired) electrons. The van der Waals surface area contributed by atoms with Crippen molar-refractivity contribution in [3.63, 3.8) is 0 Å². The van der Waals surface area contributed by atoms with Crippen LogP contribution in [0.2, 0.25) is 0 Å². The van der Waals surface area contributed by atoms with Gasteiger partial charge in [0.05, 0.1) is 6.67 Å². The summed E-state index contributed by atoms with van der Waals surface area (Å²) >= 11 is 0. The Balaban J connectivity index is 2.22. The average molecular weight is 310 g/mol. The molecule has 3 amide bonds. The van der Waals surface area contributed by atoms with Gasteiger partial charge in [0.25, 0.3) is 5.91 Å². The molecule has 2 N–H and O–H groups in total. The Morgan fingerprint density at radius 2 is 1.68 bits per heavy atom. The van der Waals surface area contributed by atoms with Gasteiger partial charge in [0.2, 0.25) is 0 Å². The number of piperidine rings is 1. The molecule has 6 nitrogen and oxygen atoms in total. The van der Waals surface area contributed by atoms with E-state index in [2.05, 4.69) is 45.3 Å². The minimum absolute atomic E-state index is 0.0805. The molecule has 2 aliphatic rings. The van der Waals surface area contributed by atoms with Crippen LogP contribution < -0.4 is 10.6 Å². The monoisotopic (exact) mass is 310 g/mol. The molecule has 0 bridgehead atoms. The van der Waals surface area contributed by atoms with Crippen molar-refractivity contribution >= 4 is 11.9 Å². The van der Waals surface area contributed by atoms with E-state index < -0.39 is 5.54 Å². The third-order valence-corrected chi connectivity index (χ3v) is 4.40. The van der Waals surface area contributed by atoms with E-state index in [1.165, 1.54) is 4.90 Å². The molecule has 0 saturated carbocycles. The number of nitrogens with one attached hydrogen (secondary N) is 2. The highest BCUT2D eigenvalue weighted by Crippen LogP contribution is 2.39. The van der Waals surface area contributed by atoms with E-state index in [0.29, 0.717) is 19.5 Å². The summed E-state index contributed by atoms with van der Waals surface area (Å²) in [5, 5.41) is 6.56. The van der Waals surface area contributed by atoms with E-state index in [1.807, 2.05) is 11.9 Å². The highest BCUT2D eigenvalue weighted by atomic mass is 16.2. The zero-order valence-electron chi connectivity index (χ0n) is 14.7. The van der Waals surface area contributed by atoms with Gasteiger partial charge in [0.15, 0.2) is 0 Å². The summed E-state index contributed by atoms with van der Waals surface area (Å²) in [7, 11) is 1.94. The number of nitrogens with zero attached hydrogens (tertiary/aromatic N) is 2. The molecule has 2 saturated heterocycles. The molecule has 2 fully saturated rings. The molecule has 126 valence electrons. The lowest BCUT2D eigenvalue weighted by molar-refractivity contribution is -0.135. The fourth-order valence-electron chi connectivity index (χ4n) is 4.31. The van der Waals surface area contributed by atoms with Gasteiger partial charge in [0, 0.05) is 11.1 Å². The third-order valence-electron chi connectivity index (χ3n) is 4.40. The first-order valence-corrected chi connectivity index (χ1v) is 8.12. The quantitative estimate of drug-likeness (QED) is 0.773. The molecule has 2 rings (SSSR count). The van der Waals surface area contributed by atoms with Gasteiger partial charge in [-0.15, -0.1) is 0 Å². The average Bonchev–Trinajstić information content (AvgIpc) is 2.49. The molecule has 2 heterocycles. The van der Waals surface area contributed by atoms with Crippen LogP contribution in [0.1, 0.15) is 53.9 Å². The number of hydrogen-bond donors (Lipinski definition) is 2. The minimum Gasteiger partial charge on any atom is -0.323 e. The SMILES string of the molecule is CCCN(C)CN1C(=O)NC2(CC(C)(C)NC(C)(C)C2)C1=O. The summed E-state index contributed by atoms with van der Waals surface area (Å²) in [6.07, 6.45) is 2.22. The van der Waals surface area contributed by atoms with Crippen molar-refractivity contribution in [1.29, 1.82) is 0 Å². The van der Waals surface area contributed by atoms with Crippen LogP contribution in [0.5, 0.6) is 0 Å². The van der Waals surface area contributed by atoms with Crippen molar-refractivity contribution in [3.05, 3.63) is 0 Å². The van der Waals surface area contributed by atoms with Crippen LogP contribution in [0.15, 0.2) is 0 Å². The number of urea groups is 1. The standard InChI is InChI=1S/C16H30N4O2/c1-7-8-19(6)11-20-12(21)16(17-13(20)22)9-14(2,3)18-15(4,5)10-16/h18H,7-11H2,1-6H3,(H,17,22). The molecule has 0 aromatic rings. The van der Waals surface area contributed by atoms with E-state index in [1.54, 1.807) is 0 Å². The maximum absolute atomic E-state index is 13.0. The van der Waals surface area contributed by atoms with E-state index in [4.69, 9.17) is 0 Å². The second kappa shape index (κ2) is 5.49. The number of hydrogen-bond acceptors (Lipinski definition) is 4. The number of imide groups is 1. The molecule has 22 heavy (non-hydrogen) atoms. The highest BCUT2D eigenvalue weighted by Gasteiger charge is 2.58. The molecule has 0 unspecified atom stereocenters. The molecular weight excluding hydrogens is 280 g/mol. The zero-order chi connectivity index (χ0) is 16.8. The Labute approximate surface area is 133 Å². The van der Waals surface area contributed by atoms with Crippen LogP contribution in [-0.2, 0) is 4.79 Å². The summed E-state index contributed by atoms with van der Waals surface area (Å²) in [5.41, 5.74) is -1.17. The number of amides is 3. The van der Waals surface area contributed by atoms with Gasteiger partial charge >= 0.3 is 6.03 Å². The Kier molecular flexibility index (Phi) is 4.30. The van der Waals surface area contributed by atoms with Gasteiger partial charge in [-0.25, -0.2) is 9.69 Å². The van der Waals surface area contributed by atoms with E-state index in [9.17, 15) is 9.59 Å². The van der Waals surface area contributed by atoms with Gasteiger partial charge in [-0.3, -0.25) is 9.69 Å². The molecule has 1 spiro atoms. The van der Waals surface area contributed by atoms with Crippen LogP contribution in [0, 0.1) is 0 Å². The van der Waals surface area contributed by atoms with Crippen LogP contribution in [0.3, 0.4) is 0 Å². The van der Waals surface area contributed by atoms with Gasteiger partial charge in [-0.05, 0) is 60.5 Å². The number of carbonyl (C=O) groups excluding carboxylic acids is 2. The van der Waals surface area contributed by atoms with Crippen LogP contribution >= 0.6 is 0 Å². The second-order valence-corrected chi connectivity index (χ2v) is 8.21. The van der Waals surface area contributed by atoms with Crippen LogP contribution in [0.25, 0.3) is 0 Å². The third kappa shape index (κ3) is 3.27. The topological polar surface area (TPSA) is 64.7 Å². The van der Waals surface area contributed by atoms with Crippen molar-refractivity contribution in [3.8, 4) is 0 Å². The Morgan fingerprint density at radius 3 is 2.18 bits per heavy atom. The largest absolute Gasteiger partial charge is 0.326 e. The summed E-state index contributed by atoms with van der Waals surface area (Å²) in [6.45, 7) is 11.6. The Morgan fingerprint density at radius 1 is 1.14 bits per heavy atom. The molecule has 0 aromatic carbocycles. The lowest BCUT2D eigenvalue weighted by Crippen LogP contribution is -2.68. The second-order valence-electron chi connectivity index (χ2n) is 8.21. The van der Waals surface area contributed by atoms with Crippen molar-refractivity contribution in [2.45, 2.75) is 70.5 Å². The molecular formula is C16H30N4O2. The van der Waals surface area contributed by atoms with Crippen molar-refractivity contribution in [1.82, 2.24) is 20.4 Å². The first kappa shape index (κ1) is 17.2. The maximum atomic E-state index is 13.0. The predicted molar refractivity (Wildman–Crippen MR) is 86.4 cm³/mol. The normalized spacial score (nSPS) is 25.9. The van der Waals surface area contributed by atoms with Gasteiger partial charge in [-0.1, -0.05) is 6.92 Å². The van der Waals surface area contributed by atoms with Crippen LogP contribution in [0.4, 0.5) is 4.79 Å². The maximum Gasteiger partial charge on any atom is 0.326 e. The Bertz CT molecular complexity index is 457. The minimum atomic E-state index is -0.775. The van der Waals surface area contributed by atoms with Crippen LogP contribution in [-0.4, -0.2) is 58.6 Å². The number of carbonyl (C=O) groups is 2. The summed E-state index contributed by atoms with van der Waals surface area (Å²) in [6, 6.07) is -0.263. The first-order valence-electron chi connectivity index (χ1n) is 8.12. The summed E-state index contributed by atoms with van der Waals surface area (Å²) < 4.78 is 0. The molecule has 0 aromatic heterocycles. The Hall–Kier alpha value is -1.14. The number of rotatable bonds is 4. The zero-order valence-corrected chi connectivity index (χ0v) is 14.7. The van der Waals surface area contributed by atoms with E-state index in [0.717, 1.165) is 13.0 Å². The van der Waals surface area contributed by atoms with Gasteiger partial charge in [0.1, 0.15) is 5.54 Å². The van der Waals surface area contributed by atoms with E-state index >= 15 is 0 Å². The molecule has 6 heteroatoms. The molecule has 0 aliphatic carbocycles. The molecule has 0 atom stereocenters. The van der Waals surface area contributed by atoms with Crippen molar-refractivity contribution < 1.29 is 9.59 Å². The first-order chi connectivity index (χ1) is 10.0. The van der Waals surface area contributed by atoms with Crippen molar-refractivity contribution in [2.24, 2.45) is 0 Å².